The summed E-state index contributed by atoms with van der Waals surface area (Å²) in [6.07, 6.45) is 0. The maximum atomic E-state index is 12.8. The van der Waals surface area contributed by atoms with Crippen molar-refractivity contribution in [2.75, 3.05) is 0 Å². The minimum atomic E-state index is -2.73. The van der Waals surface area contributed by atoms with E-state index in [-0.39, 0.29) is 0 Å². The van der Waals surface area contributed by atoms with Gasteiger partial charge in [-0.2, -0.15) is 13.9 Å². The molecule has 6 nitrogen and oxygen atoms in total. The van der Waals surface area contributed by atoms with Crippen molar-refractivity contribution >= 4 is 39.9 Å². The van der Waals surface area contributed by atoms with Gasteiger partial charge in [0.15, 0.2) is 5.84 Å². The predicted molar refractivity (Wildman–Crippen MR) is 101 cm³/mol. The highest BCUT2D eigenvalue weighted by molar-refractivity contribution is 6.36. The first-order chi connectivity index (χ1) is 12.9. The van der Waals surface area contributed by atoms with Crippen molar-refractivity contribution in [2.45, 2.75) is 20.0 Å². The normalized spacial score (nSPS) is 14.5. The summed E-state index contributed by atoms with van der Waals surface area (Å²) in [5, 5.41) is 11.0. The van der Waals surface area contributed by atoms with Crippen LogP contribution < -0.4 is 11.0 Å². The number of hydrogen-bond acceptors (Lipinski definition) is 5. The van der Waals surface area contributed by atoms with Crippen molar-refractivity contribution in [3.63, 3.8) is 0 Å². The number of aryl methyl sites for hydroxylation is 1. The molecule has 0 radical (unpaired) electrons. The molecule has 2 aromatic carbocycles. The molecule has 3 aromatic rings. The smallest absolute Gasteiger partial charge is 0.277 e. The lowest BCUT2D eigenvalue weighted by Gasteiger charge is -2.13. The van der Waals surface area contributed by atoms with Gasteiger partial charge in [-0.1, -0.05) is 46.5 Å². The molecule has 2 N–H and O–H groups in total. The van der Waals surface area contributed by atoms with Crippen LogP contribution in [0.5, 0.6) is 0 Å². The van der Waals surface area contributed by atoms with Gasteiger partial charge in [0.2, 0.25) is 0 Å². The van der Waals surface area contributed by atoms with E-state index in [4.69, 9.17) is 23.2 Å². The average Bonchev–Trinajstić information content (AvgIpc) is 3.24. The maximum absolute atomic E-state index is 12.8. The Kier molecular flexibility index (Phi) is 4.63. The molecule has 0 spiro atoms. The van der Waals surface area contributed by atoms with E-state index in [1.165, 1.54) is 0 Å². The molecule has 4 rings (SSSR count). The fourth-order valence-corrected chi connectivity index (χ4v) is 3.45. The number of nitrogens with one attached hydrogen (secondary N) is 2. The summed E-state index contributed by atoms with van der Waals surface area (Å²) in [5.41, 5.74) is 7.81. The number of hydrazone groups is 1. The summed E-state index contributed by atoms with van der Waals surface area (Å²) in [4.78, 5) is 0. The highest BCUT2D eigenvalue weighted by Gasteiger charge is 2.24. The number of fused-ring (bicyclic) bond motifs is 1. The van der Waals surface area contributed by atoms with Crippen LogP contribution >= 0.6 is 23.2 Å². The van der Waals surface area contributed by atoms with E-state index in [0.29, 0.717) is 33.1 Å². The quantitative estimate of drug-likeness (QED) is 0.640. The number of aromatic nitrogens is 2. The van der Waals surface area contributed by atoms with Crippen LogP contribution in [0, 0.1) is 6.92 Å². The minimum absolute atomic E-state index is 0.290. The first-order valence-corrected chi connectivity index (χ1v) is 8.77. The molecule has 140 valence electrons. The van der Waals surface area contributed by atoms with E-state index in [9.17, 15) is 8.78 Å². The van der Waals surface area contributed by atoms with Crippen LogP contribution in [0.2, 0.25) is 10.0 Å². The first-order valence-electron chi connectivity index (χ1n) is 8.02. The third-order valence-corrected chi connectivity index (χ3v) is 4.98. The van der Waals surface area contributed by atoms with Gasteiger partial charge in [-0.05, 0) is 25.1 Å². The van der Waals surface area contributed by atoms with E-state index < -0.39 is 6.55 Å². The van der Waals surface area contributed by atoms with E-state index >= 15 is 0 Å². The summed E-state index contributed by atoms with van der Waals surface area (Å²) in [6.45, 7) is -0.448. The summed E-state index contributed by atoms with van der Waals surface area (Å²) >= 11 is 12.6. The molecule has 2 heterocycles. The first kappa shape index (κ1) is 18.0. The molecular formula is C17H14Cl2F2N6. The van der Waals surface area contributed by atoms with E-state index in [2.05, 4.69) is 21.2 Å². The van der Waals surface area contributed by atoms with Crippen molar-refractivity contribution in [2.24, 2.45) is 5.10 Å². The molecule has 10 heteroatoms. The zero-order chi connectivity index (χ0) is 19.1. The fraction of sp³-hybridized carbons (Fsp3) is 0.176. The Morgan fingerprint density at radius 2 is 1.89 bits per heavy atom. The van der Waals surface area contributed by atoms with Crippen molar-refractivity contribution in [1.82, 2.24) is 25.9 Å². The molecule has 0 fully saturated rings. The van der Waals surface area contributed by atoms with E-state index in [0.717, 1.165) is 22.2 Å². The Morgan fingerprint density at radius 1 is 1.15 bits per heavy atom. The number of rotatable bonds is 4. The maximum Gasteiger partial charge on any atom is 0.329 e. The van der Waals surface area contributed by atoms with Crippen LogP contribution in [0.15, 0.2) is 41.5 Å². The van der Waals surface area contributed by atoms with Crippen LogP contribution in [0.25, 0.3) is 10.9 Å². The van der Waals surface area contributed by atoms with Gasteiger partial charge in [0.1, 0.15) is 0 Å². The number of amidine groups is 1. The SMILES string of the molecule is Cc1nn(Cc2c(Cl)cccc2Cl)c2cc(C3=NNN(C(F)F)N3)ccc12. The van der Waals surface area contributed by atoms with Gasteiger partial charge in [0.05, 0.1) is 17.8 Å². The lowest BCUT2D eigenvalue weighted by atomic mass is 10.1. The summed E-state index contributed by atoms with van der Waals surface area (Å²) in [6, 6.07) is 10.8. The van der Waals surface area contributed by atoms with Crippen LogP contribution in [0.1, 0.15) is 16.8 Å². The van der Waals surface area contributed by atoms with Crippen LogP contribution in [0.3, 0.4) is 0 Å². The standard InChI is InChI=1S/C17H14Cl2F2N6/c1-9-11-6-5-10(16-22-25-27(24-16)17(20)21)7-15(11)26(23-9)8-12-13(18)3-2-4-14(12)19/h2-7,17,25H,8H2,1H3,(H,22,24). The highest BCUT2D eigenvalue weighted by Crippen LogP contribution is 2.27. The van der Waals surface area contributed by atoms with Gasteiger partial charge in [0.25, 0.3) is 0 Å². The second-order valence-corrected chi connectivity index (χ2v) is 6.81. The van der Waals surface area contributed by atoms with Crippen LogP contribution in [0.4, 0.5) is 8.78 Å². The summed E-state index contributed by atoms with van der Waals surface area (Å²) in [5.74, 6) is 0.290. The molecule has 1 aliphatic rings. The Bertz CT molecular complexity index is 1030. The second kappa shape index (κ2) is 6.95. The zero-order valence-corrected chi connectivity index (χ0v) is 15.6. The lowest BCUT2D eigenvalue weighted by molar-refractivity contribution is -0.0708. The van der Waals surface area contributed by atoms with Crippen LogP contribution in [-0.2, 0) is 6.54 Å². The number of alkyl halides is 2. The number of nitrogens with zero attached hydrogens (tertiary/aromatic N) is 4. The molecule has 0 unspecified atom stereocenters. The number of halogens is 4. The topological polar surface area (TPSA) is 57.5 Å². The summed E-state index contributed by atoms with van der Waals surface area (Å²) in [7, 11) is 0. The van der Waals surface area contributed by atoms with Gasteiger partial charge >= 0.3 is 6.55 Å². The van der Waals surface area contributed by atoms with Crippen molar-refractivity contribution in [3.8, 4) is 0 Å². The largest absolute Gasteiger partial charge is 0.329 e. The number of hydrazine groups is 2. The van der Waals surface area contributed by atoms with Crippen molar-refractivity contribution in [1.29, 1.82) is 0 Å². The number of hydrogen-bond donors (Lipinski definition) is 2. The number of benzene rings is 2. The predicted octanol–water partition coefficient (Wildman–Crippen LogP) is 3.91. The van der Waals surface area contributed by atoms with Gasteiger partial charge < -0.3 is 0 Å². The molecule has 0 amide bonds. The highest BCUT2D eigenvalue weighted by atomic mass is 35.5. The molecule has 0 atom stereocenters. The van der Waals surface area contributed by atoms with Crippen molar-refractivity contribution < 1.29 is 8.78 Å². The van der Waals surface area contributed by atoms with Gasteiger partial charge in [0, 0.05) is 26.6 Å². The zero-order valence-electron chi connectivity index (χ0n) is 14.0. The second-order valence-electron chi connectivity index (χ2n) is 6.00. The summed E-state index contributed by atoms with van der Waals surface area (Å²) < 4.78 is 27.3. The Balaban J connectivity index is 1.72. The van der Waals surface area contributed by atoms with Crippen LogP contribution in [-0.4, -0.2) is 27.3 Å². The van der Waals surface area contributed by atoms with Crippen molar-refractivity contribution in [3.05, 3.63) is 63.3 Å². The van der Waals surface area contributed by atoms with E-state index in [1.807, 2.05) is 19.1 Å². The average molecular weight is 411 g/mol. The lowest BCUT2D eigenvalue weighted by Crippen LogP contribution is -2.45. The molecule has 1 aliphatic heterocycles. The third kappa shape index (κ3) is 3.31. The molecule has 0 saturated carbocycles. The fourth-order valence-electron chi connectivity index (χ4n) is 2.93. The molecular weight excluding hydrogens is 397 g/mol. The molecule has 1 aromatic heterocycles. The Morgan fingerprint density at radius 3 is 2.56 bits per heavy atom. The Hall–Kier alpha value is -2.42. The Labute approximate surface area is 163 Å². The monoisotopic (exact) mass is 410 g/mol. The molecule has 0 saturated heterocycles. The molecule has 0 bridgehead atoms. The van der Waals surface area contributed by atoms with Gasteiger partial charge in [-0.15, -0.1) is 5.10 Å². The van der Waals surface area contributed by atoms with E-state index in [1.54, 1.807) is 28.9 Å². The third-order valence-electron chi connectivity index (χ3n) is 4.27. The minimum Gasteiger partial charge on any atom is -0.277 e. The molecule has 0 aliphatic carbocycles. The van der Waals surface area contributed by atoms with Gasteiger partial charge in [-0.25, -0.2) is 5.53 Å². The molecule has 27 heavy (non-hydrogen) atoms. The van der Waals surface area contributed by atoms with Gasteiger partial charge in [-0.3, -0.25) is 10.1 Å².